The lowest BCUT2D eigenvalue weighted by Crippen LogP contribution is -2.50. The zero-order valence-electron chi connectivity index (χ0n) is 28.4. The monoisotopic (exact) mass is 681 g/mol. The van der Waals surface area contributed by atoms with Gasteiger partial charge < -0.3 is 19.3 Å². The SMILES string of the molecule is C=C(C)[C@H]1C[C@H]2CN(S(=O)(=O)c3ccc(-c4ccccc4)cc3)CC[C@@H]2O[C@@H]1c1cc(Oc2cc(C)cc(C)c2C)ccc1OCC(=O)O. The number of hydrogen-bond acceptors (Lipinski definition) is 6. The van der Waals surface area contributed by atoms with Crippen LogP contribution in [0.15, 0.2) is 102 Å². The van der Waals surface area contributed by atoms with Crippen LogP contribution in [0.3, 0.4) is 0 Å². The number of carboxylic acids is 1. The Balaban J connectivity index is 1.25. The van der Waals surface area contributed by atoms with Gasteiger partial charge in [0.2, 0.25) is 10.0 Å². The van der Waals surface area contributed by atoms with E-state index in [1.54, 1.807) is 28.6 Å². The number of rotatable bonds is 10. The minimum absolute atomic E-state index is 0.0502. The van der Waals surface area contributed by atoms with Gasteiger partial charge in [-0.1, -0.05) is 60.7 Å². The molecule has 0 saturated carbocycles. The summed E-state index contributed by atoms with van der Waals surface area (Å²) in [7, 11) is -3.72. The van der Waals surface area contributed by atoms with Crippen LogP contribution in [0, 0.1) is 32.6 Å². The van der Waals surface area contributed by atoms with Crippen LogP contribution in [0.2, 0.25) is 0 Å². The molecule has 0 radical (unpaired) electrons. The second-order valence-corrected chi connectivity index (χ2v) is 15.2. The lowest BCUT2D eigenvalue weighted by atomic mass is 9.76. The fraction of sp³-hybridized carbons (Fsp3) is 0.325. The largest absolute Gasteiger partial charge is 0.482 e. The molecule has 2 fully saturated rings. The van der Waals surface area contributed by atoms with Crippen molar-refractivity contribution in [2.75, 3.05) is 19.7 Å². The molecule has 2 aliphatic rings. The van der Waals surface area contributed by atoms with Crippen molar-refractivity contribution in [2.24, 2.45) is 11.8 Å². The van der Waals surface area contributed by atoms with Crippen LogP contribution in [-0.2, 0) is 19.6 Å². The maximum Gasteiger partial charge on any atom is 0.341 e. The van der Waals surface area contributed by atoms with Crippen LogP contribution < -0.4 is 9.47 Å². The van der Waals surface area contributed by atoms with E-state index < -0.39 is 28.7 Å². The average Bonchev–Trinajstić information content (AvgIpc) is 3.09. The van der Waals surface area contributed by atoms with Gasteiger partial charge >= 0.3 is 5.97 Å². The summed E-state index contributed by atoms with van der Waals surface area (Å²) in [6.45, 7) is 12.5. The van der Waals surface area contributed by atoms with Gasteiger partial charge in [-0.3, -0.25) is 0 Å². The van der Waals surface area contributed by atoms with E-state index in [1.165, 1.54) is 0 Å². The summed E-state index contributed by atoms with van der Waals surface area (Å²) in [5.41, 5.74) is 6.80. The molecule has 256 valence electrons. The van der Waals surface area contributed by atoms with Gasteiger partial charge in [0.05, 0.1) is 17.1 Å². The number of sulfonamides is 1. The molecule has 4 atom stereocenters. The van der Waals surface area contributed by atoms with E-state index >= 15 is 0 Å². The van der Waals surface area contributed by atoms with Crippen LogP contribution in [0.5, 0.6) is 17.2 Å². The highest BCUT2D eigenvalue weighted by Crippen LogP contribution is 2.48. The van der Waals surface area contributed by atoms with Crippen molar-refractivity contribution in [1.29, 1.82) is 0 Å². The molecule has 0 aliphatic carbocycles. The number of piperidine rings is 1. The Kier molecular flexibility index (Phi) is 9.97. The summed E-state index contributed by atoms with van der Waals surface area (Å²) in [5.74, 6) is 0.426. The number of fused-ring (bicyclic) bond motifs is 1. The molecule has 1 N–H and O–H groups in total. The predicted octanol–water partition coefficient (Wildman–Crippen LogP) is 8.27. The third-order valence-electron chi connectivity index (χ3n) is 9.73. The third kappa shape index (κ3) is 7.44. The van der Waals surface area contributed by atoms with Crippen LogP contribution in [0.4, 0.5) is 0 Å². The van der Waals surface area contributed by atoms with E-state index in [0.29, 0.717) is 43.0 Å². The van der Waals surface area contributed by atoms with Crippen LogP contribution >= 0.6 is 0 Å². The molecular formula is C40H43NO7S. The lowest BCUT2D eigenvalue weighted by Gasteiger charge is -2.47. The Labute approximate surface area is 289 Å². The third-order valence-corrected chi connectivity index (χ3v) is 11.6. The Morgan fingerprint density at radius 3 is 2.37 bits per heavy atom. The van der Waals surface area contributed by atoms with Crippen molar-refractivity contribution in [1.82, 2.24) is 4.31 Å². The Hall–Kier alpha value is -4.44. The first-order valence-electron chi connectivity index (χ1n) is 16.6. The lowest BCUT2D eigenvalue weighted by molar-refractivity contribution is -0.139. The van der Waals surface area contributed by atoms with Crippen molar-refractivity contribution < 1.29 is 32.5 Å². The first-order chi connectivity index (χ1) is 23.4. The molecule has 4 aromatic carbocycles. The number of hydrogen-bond donors (Lipinski definition) is 1. The number of aliphatic carboxylic acids is 1. The smallest absolute Gasteiger partial charge is 0.341 e. The first kappa shape index (κ1) is 34.4. The number of carboxylic acid groups (broad SMARTS) is 1. The van der Waals surface area contributed by atoms with E-state index in [1.807, 2.05) is 82.3 Å². The molecule has 0 bridgehead atoms. The molecule has 9 heteroatoms. The van der Waals surface area contributed by atoms with Crippen LogP contribution in [0.1, 0.15) is 48.1 Å². The molecule has 8 nitrogen and oxygen atoms in total. The van der Waals surface area contributed by atoms with Gasteiger partial charge in [-0.15, -0.1) is 0 Å². The summed E-state index contributed by atoms with van der Waals surface area (Å²) < 4.78 is 48.2. The van der Waals surface area contributed by atoms with Crippen molar-refractivity contribution in [3.63, 3.8) is 0 Å². The average molecular weight is 682 g/mol. The predicted molar refractivity (Wildman–Crippen MR) is 190 cm³/mol. The van der Waals surface area contributed by atoms with Crippen molar-refractivity contribution in [2.45, 2.75) is 57.6 Å². The number of ether oxygens (including phenoxy) is 3. The van der Waals surface area contributed by atoms with E-state index in [4.69, 9.17) is 14.2 Å². The van der Waals surface area contributed by atoms with E-state index in [0.717, 1.165) is 39.1 Å². The van der Waals surface area contributed by atoms with Gasteiger partial charge in [0.1, 0.15) is 17.2 Å². The molecule has 0 spiro atoms. The van der Waals surface area contributed by atoms with E-state index in [9.17, 15) is 18.3 Å². The Bertz CT molecular complexity index is 1960. The molecule has 0 unspecified atom stereocenters. The fourth-order valence-corrected chi connectivity index (χ4v) is 8.51. The maximum atomic E-state index is 13.8. The summed E-state index contributed by atoms with van der Waals surface area (Å²) in [4.78, 5) is 11.7. The van der Waals surface area contributed by atoms with Crippen LogP contribution in [-0.4, -0.2) is 49.6 Å². The normalized spacial score (nSPS) is 21.1. The second kappa shape index (κ2) is 14.2. The van der Waals surface area contributed by atoms with Crippen molar-refractivity contribution in [3.8, 4) is 28.4 Å². The highest BCUT2D eigenvalue weighted by Gasteiger charge is 2.45. The zero-order valence-corrected chi connectivity index (χ0v) is 29.2. The topological polar surface area (TPSA) is 102 Å². The molecule has 4 aromatic rings. The molecular weight excluding hydrogens is 639 g/mol. The van der Waals surface area contributed by atoms with Crippen LogP contribution in [0.25, 0.3) is 11.1 Å². The van der Waals surface area contributed by atoms with Crippen molar-refractivity contribution >= 4 is 16.0 Å². The molecule has 0 aromatic heterocycles. The Morgan fingerprint density at radius 1 is 0.959 bits per heavy atom. The molecule has 49 heavy (non-hydrogen) atoms. The van der Waals surface area contributed by atoms with E-state index in [-0.39, 0.29) is 22.8 Å². The number of carbonyl (C=O) groups is 1. The summed E-state index contributed by atoms with van der Waals surface area (Å²) in [6.07, 6.45) is 0.490. The second-order valence-electron chi connectivity index (χ2n) is 13.3. The Morgan fingerprint density at radius 2 is 1.67 bits per heavy atom. The summed E-state index contributed by atoms with van der Waals surface area (Å²) >= 11 is 0. The first-order valence-corrected chi connectivity index (χ1v) is 18.1. The van der Waals surface area contributed by atoms with Gasteiger partial charge in [0.15, 0.2) is 6.61 Å². The molecule has 2 heterocycles. The summed E-state index contributed by atoms with van der Waals surface area (Å²) in [5, 5.41) is 9.39. The van der Waals surface area contributed by atoms with Gasteiger partial charge in [0.25, 0.3) is 0 Å². The van der Waals surface area contributed by atoms with Gasteiger partial charge in [-0.05, 0) is 111 Å². The van der Waals surface area contributed by atoms with Gasteiger partial charge in [0, 0.05) is 24.6 Å². The number of nitrogens with zero attached hydrogens (tertiary/aromatic N) is 1. The highest BCUT2D eigenvalue weighted by atomic mass is 32.2. The minimum Gasteiger partial charge on any atom is -0.482 e. The van der Waals surface area contributed by atoms with Gasteiger partial charge in [-0.25, -0.2) is 13.2 Å². The minimum atomic E-state index is -3.72. The molecule has 2 saturated heterocycles. The van der Waals surface area contributed by atoms with Crippen molar-refractivity contribution in [3.05, 3.63) is 119 Å². The number of benzene rings is 4. The maximum absolute atomic E-state index is 13.8. The zero-order chi connectivity index (χ0) is 34.9. The summed E-state index contributed by atoms with van der Waals surface area (Å²) in [6, 6.07) is 26.4. The molecule has 6 rings (SSSR count). The molecule has 0 amide bonds. The molecule has 2 aliphatic heterocycles. The standard InChI is InChI=1S/C40H43NO7S/c1-25(2)34-21-31-23-41(49(44,45)33-14-11-30(12-15-33)29-9-7-6-8-10-29)18-17-36(31)48-40(34)35-22-32(13-16-37(35)46-24-39(42)43)47-38-20-26(3)19-27(4)28(38)5/h6-16,19-20,22,31,34,36,40H,1,17-18,21,23-24H2,2-5H3,(H,42,43)/t31-,34+,36-,40-/m0/s1. The highest BCUT2D eigenvalue weighted by molar-refractivity contribution is 7.89. The van der Waals surface area contributed by atoms with E-state index in [2.05, 4.69) is 12.6 Å². The van der Waals surface area contributed by atoms with Gasteiger partial charge in [-0.2, -0.15) is 4.31 Å². The fourth-order valence-electron chi connectivity index (χ4n) is 7.00. The number of aryl methyl sites for hydroxylation is 2. The quantitative estimate of drug-likeness (QED) is 0.168.